The van der Waals surface area contributed by atoms with Crippen LogP contribution >= 0.6 is 0 Å². The zero-order valence-corrected chi connectivity index (χ0v) is 11.9. The standard InChI is InChI=1S/C13H19N5O/c1-7(2)10(5)15-12(19)11-16-13-14-8(3)6-9(4)18(13)17-11/h6-7,10H,1-5H3,(H,15,19). The first kappa shape index (κ1) is 13.5. The quantitative estimate of drug-likeness (QED) is 0.909. The summed E-state index contributed by atoms with van der Waals surface area (Å²) in [5.74, 6) is 0.723. The Morgan fingerprint density at radius 2 is 1.95 bits per heavy atom. The molecule has 6 nitrogen and oxygen atoms in total. The Labute approximate surface area is 112 Å². The van der Waals surface area contributed by atoms with Gasteiger partial charge in [0.1, 0.15) is 0 Å². The second kappa shape index (κ2) is 4.95. The van der Waals surface area contributed by atoms with Crippen LogP contribution in [0.1, 0.15) is 42.8 Å². The van der Waals surface area contributed by atoms with Gasteiger partial charge in [0.2, 0.25) is 5.82 Å². The molecule has 0 bridgehead atoms. The molecule has 0 saturated heterocycles. The van der Waals surface area contributed by atoms with Crippen LogP contribution in [0.15, 0.2) is 6.07 Å². The molecule has 0 saturated carbocycles. The van der Waals surface area contributed by atoms with E-state index in [1.165, 1.54) is 0 Å². The molecule has 0 aliphatic heterocycles. The van der Waals surface area contributed by atoms with E-state index >= 15 is 0 Å². The Bertz CT molecular complexity index is 617. The maximum absolute atomic E-state index is 12.0. The van der Waals surface area contributed by atoms with Gasteiger partial charge in [0, 0.05) is 17.4 Å². The minimum absolute atomic E-state index is 0.0786. The van der Waals surface area contributed by atoms with Crippen LogP contribution < -0.4 is 5.32 Å². The summed E-state index contributed by atoms with van der Waals surface area (Å²) in [5, 5.41) is 7.08. The highest BCUT2D eigenvalue weighted by Crippen LogP contribution is 2.06. The minimum Gasteiger partial charge on any atom is -0.347 e. The van der Waals surface area contributed by atoms with E-state index in [9.17, 15) is 4.79 Å². The van der Waals surface area contributed by atoms with Gasteiger partial charge in [-0.1, -0.05) is 13.8 Å². The Kier molecular flexibility index (Phi) is 3.50. The Morgan fingerprint density at radius 3 is 2.58 bits per heavy atom. The van der Waals surface area contributed by atoms with Gasteiger partial charge in [-0.05, 0) is 32.8 Å². The summed E-state index contributed by atoms with van der Waals surface area (Å²) in [6, 6.07) is 1.98. The van der Waals surface area contributed by atoms with Crippen LogP contribution in [0.4, 0.5) is 0 Å². The molecule has 0 radical (unpaired) electrons. The third-order valence-electron chi connectivity index (χ3n) is 3.18. The van der Waals surface area contributed by atoms with E-state index in [0.29, 0.717) is 11.7 Å². The van der Waals surface area contributed by atoms with Gasteiger partial charge >= 0.3 is 0 Å². The van der Waals surface area contributed by atoms with E-state index in [1.807, 2.05) is 26.8 Å². The molecule has 0 aliphatic carbocycles. The number of hydrogen-bond donors (Lipinski definition) is 1. The lowest BCUT2D eigenvalue weighted by molar-refractivity contribution is 0.0920. The number of fused-ring (bicyclic) bond motifs is 1. The first-order valence-electron chi connectivity index (χ1n) is 6.40. The molecule has 102 valence electrons. The summed E-state index contributed by atoms with van der Waals surface area (Å²) in [5.41, 5.74) is 1.77. The summed E-state index contributed by atoms with van der Waals surface area (Å²) >= 11 is 0. The molecular weight excluding hydrogens is 242 g/mol. The lowest BCUT2D eigenvalue weighted by Crippen LogP contribution is -2.36. The molecule has 0 fully saturated rings. The summed E-state index contributed by atoms with van der Waals surface area (Å²) in [7, 11) is 0. The van der Waals surface area contributed by atoms with Gasteiger partial charge in [-0.3, -0.25) is 4.79 Å². The van der Waals surface area contributed by atoms with Crippen molar-refractivity contribution in [2.45, 2.75) is 40.7 Å². The zero-order chi connectivity index (χ0) is 14.2. The van der Waals surface area contributed by atoms with Crippen LogP contribution in [0, 0.1) is 19.8 Å². The first-order chi connectivity index (χ1) is 8.88. The maximum atomic E-state index is 12.0. The Morgan fingerprint density at radius 1 is 1.26 bits per heavy atom. The number of carbonyl (C=O) groups excluding carboxylic acids is 1. The SMILES string of the molecule is Cc1cc(C)n2nc(C(=O)NC(C)C(C)C)nc2n1. The highest BCUT2D eigenvalue weighted by Gasteiger charge is 2.18. The first-order valence-corrected chi connectivity index (χ1v) is 6.40. The fourth-order valence-electron chi connectivity index (χ4n) is 1.70. The van der Waals surface area contributed by atoms with Gasteiger partial charge in [-0.25, -0.2) is 9.50 Å². The van der Waals surface area contributed by atoms with Crippen LogP contribution in [0.2, 0.25) is 0 Å². The molecule has 2 aromatic heterocycles. The van der Waals surface area contributed by atoms with Crippen molar-refractivity contribution in [3.05, 3.63) is 23.3 Å². The largest absolute Gasteiger partial charge is 0.347 e. The fraction of sp³-hybridized carbons (Fsp3) is 0.538. The van der Waals surface area contributed by atoms with Crippen LogP contribution in [-0.2, 0) is 0 Å². The highest BCUT2D eigenvalue weighted by molar-refractivity contribution is 5.91. The van der Waals surface area contributed by atoms with Gasteiger partial charge in [-0.2, -0.15) is 4.98 Å². The van der Waals surface area contributed by atoms with Crippen molar-refractivity contribution in [2.75, 3.05) is 0 Å². The lowest BCUT2D eigenvalue weighted by Gasteiger charge is -2.15. The molecule has 1 atom stereocenters. The molecule has 19 heavy (non-hydrogen) atoms. The molecule has 1 N–H and O–H groups in total. The number of rotatable bonds is 3. The van der Waals surface area contributed by atoms with E-state index in [2.05, 4.69) is 34.2 Å². The van der Waals surface area contributed by atoms with Crippen LogP contribution in [-0.4, -0.2) is 31.5 Å². The van der Waals surface area contributed by atoms with Gasteiger partial charge in [0.05, 0.1) is 0 Å². The van der Waals surface area contributed by atoms with Gasteiger partial charge in [0.15, 0.2) is 0 Å². The van der Waals surface area contributed by atoms with E-state index in [4.69, 9.17) is 0 Å². The van der Waals surface area contributed by atoms with Crippen molar-refractivity contribution in [1.29, 1.82) is 0 Å². The topological polar surface area (TPSA) is 72.2 Å². The van der Waals surface area contributed by atoms with Crippen molar-refractivity contribution < 1.29 is 4.79 Å². The molecule has 2 heterocycles. The molecule has 6 heteroatoms. The number of carbonyl (C=O) groups is 1. The van der Waals surface area contributed by atoms with Gasteiger partial charge in [0.25, 0.3) is 11.7 Å². The minimum atomic E-state index is -0.260. The number of nitrogens with one attached hydrogen (secondary N) is 1. The average molecular weight is 261 g/mol. The molecule has 1 amide bonds. The predicted octanol–water partition coefficient (Wildman–Crippen LogP) is 1.52. The highest BCUT2D eigenvalue weighted by atomic mass is 16.2. The second-order valence-corrected chi connectivity index (χ2v) is 5.19. The third kappa shape index (κ3) is 2.72. The zero-order valence-electron chi connectivity index (χ0n) is 11.9. The predicted molar refractivity (Wildman–Crippen MR) is 72.0 cm³/mol. The van der Waals surface area contributed by atoms with Crippen LogP contribution in [0.5, 0.6) is 0 Å². The maximum Gasteiger partial charge on any atom is 0.291 e. The number of aryl methyl sites for hydroxylation is 2. The molecule has 0 aliphatic rings. The monoisotopic (exact) mass is 261 g/mol. The number of nitrogens with zero attached hydrogens (tertiary/aromatic N) is 4. The van der Waals surface area contributed by atoms with Crippen LogP contribution in [0.25, 0.3) is 5.78 Å². The smallest absolute Gasteiger partial charge is 0.291 e. The third-order valence-corrected chi connectivity index (χ3v) is 3.18. The lowest BCUT2D eigenvalue weighted by atomic mass is 10.1. The Hall–Kier alpha value is -1.98. The molecule has 2 rings (SSSR count). The molecule has 0 spiro atoms. The normalized spacial score (nSPS) is 12.9. The number of aromatic nitrogens is 4. The van der Waals surface area contributed by atoms with Crippen molar-refractivity contribution in [3.8, 4) is 0 Å². The van der Waals surface area contributed by atoms with E-state index in [1.54, 1.807) is 4.52 Å². The molecule has 1 unspecified atom stereocenters. The van der Waals surface area contributed by atoms with Crippen molar-refractivity contribution >= 4 is 11.7 Å². The fourth-order valence-corrected chi connectivity index (χ4v) is 1.70. The van der Waals surface area contributed by atoms with Gasteiger partial charge in [-0.15, -0.1) is 5.10 Å². The van der Waals surface area contributed by atoms with Crippen LogP contribution in [0.3, 0.4) is 0 Å². The van der Waals surface area contributed by atoms with E-state index in [-0.39, 0.29) is 17.8 Å². The molecule has 2 aromatic rings. The molecule has 0 aromatic carbocycles. The van der Waals surface area contributed by atoms with Gasteiger partial charge < -0.3 is 5.32 Å². The summed E-state index contributed by atoms with van der Waals surface area (Å²) < 4.78 is 1.59. The number of amides is 1. The average Bonchev–Trinajstić information content (AvgIpc) is 2.72. The van der Waals surface area contributed by atoms with Crippen molar-refractivity contribution in [2.24, 2.45) is 5.92 Å². The second-order valence-electron chi connectivity index (χ2n) is 5.19. The van der Waals surface area contributed by atoms with E-state index < -0.39 is 0 Å². The number of hydrogen-bond acceptors (Lipinski definition) is 4. The van der Waals surface area contributed by atoms with E-state index in [0.717, 1.165) is 11.4 Å². The van der Waals surface area contributed by atoms with Crippen molar-refractivity contribution in [3.63, 3.8) is 0 Å². The van der Waals surface area contributed by atoms with Crippen molar-refractivity contribution in [1.82, 2.24) is 24.9 Å². The summed E-state index contributed by atoms with van der Waals surface area (Å²) in [6.45, 7) is 9.87. The Balaban J connectivity index is 2.31. The summed E-state index contributed by atoms with van der Waals surface area (Å²) in [6.07, 6.45) is 0. The summed E-state index contributed by atoms with van der Waals surface area (Å²) in [4.78, 5) is 20.5. The molecular formula is C13H19N5O.